The summed E-state index contributed by atoms with van der Waals surface area (Å²) in [4.78, 5) is 0. The molecule has 0 heteroatoms. The Balaban J connectivity index is 0.000000246. The van der Waals surface area contributed by atoms with Gasteiger partial charge in [-0.1, -0.05) is 176 Å². The molecule has 0 fully saturated rings. The molecule has 9 aromatic rings. The lowest BCUT2D eigenvalue weighted by Gasteiger charge is -2.12. The monoisotopic (exact) mass is 680 g/mol. The Bertz CT molecular complexity index is 2630. The van der Waals surface area contributed by atoms with Crippen molar-refractivity contribution in [3.8, 4) is 22.3 Å². The summed E-state index contributed by atoms with van der Waals surface area (Å²) in [6.45, 7) is 13.2. The van der Waals surface area contributed by atoms with Crippen molar-refractivity contribution in [1.82, 2.24) is 0 Å². The molecule has 0 atom stereocenters. The zero-order chi connectivity index (χ0) is 36.7. The van der Waals surface area contributed by atoms with Gasteiger partial charge in [0.25, 0.3) is 0 Å². The van der Waals surface area contributed by atoms with Gasteiger partial charge in [0.2, 0.25) is 0 Å². The van der Waals surface area contributed by atoms with Crippen LogP contribution in [0.3, 0.4) is 0 Å². The summed E-state index contributed by atoms with van der Waals surface area (Å²) in [5.74, 6) is 0. The highest BCUT2D eigenvalue weighted by Gasteiger charge is 2.09. The predicted molar refractivity (Wildman–Crippen MR) is 237 cm³/mol. The maximum Gasteiger partial charge on any atom is -0.00987 e. The van der Waals surface area contributed by atoms with Crippen LogP contribution < -0.4 is 0 Å². The molecule has 256 valence electrons. The summed E-state index contributed by atoms with van der Waals surface area (Å²) >= 11 is 0. The largest absolute Gasteiger partial charge is 0.103 e. The van der Waals surface area contributed by atoms with E-state index in [1.54, 1.807) is 6.08 Å². The molecule has 0 radical (unpaired) electrons. The minimum atomic E-state index is 1.19. The van der Waals surface area contributed by atoms with Gasteiger partial charge in [0, 0.05) is 0 Å². The van der Waals surface area contributed by atoms with Crippen molar-refractivity contribution in [3.63, 3.8) is 0 Å². The van der Waals surface area contributed by atoms with Crippen molar-refractivity contribution in [2.24, 2.45) is 0 Å². The third kappa shape index (κ3) is 7.59. The highest BCUT2D eigenvalue weighted by atomic mass is 14.1. The Hall–Kier alpha value is -6.50. The summed E-state index contributed by atoms with van der Waals surface area (Å²) < 4.78 is 0. The van der Waals surface area contributed by atoms with Gasteiger partial charge in [0.1, 0.15) is 0 Å². The molecule has 0 saturated carbocycles. The molecule has 0 nitrogen and oxygen atoms in total. The Kier molecular flexibility index (Phi) is 10.4. The first-order valence-corrected chi connectivity index (χ1v) is 18.3. The van der Waals surface area contributed by atoms with E-state index in [0.29, 0.717) is 0 Å². The van der Waals surface area contributed by atoms with Gasteiger partial charge in [0.15, 0.2) is 0 Å². The van der Waals surface area contributed by atoms with Gasteiger partial charge in [-0.25, -0.2) is 0 Å². The zero-order valence-electron chi connectivity index (χ0n) is 30.8. The third-order valence-electron chi connectivity index (χ3n) is 9.66. The number of fused-ring (bicyclic) bond motifs is 7. The van der Waals surface area contributed by atoms with Crippen LogP contribution in [0.2, 0.25) is 0 Å². The van der Waals surface area contributed by atoms with E-state index in [1.807, 2.05) is 25.1 Å². The molecular weight excluding hydrogens is 637 g/mol. The smallest absolute Gasteiger partial charge is 0.00987 e. The van der Waals surface area contributed by atoms with Crippen LogP contribution >= 0.6 is 0 Å². The van der Waals surface area contributed by atoms with Gasteiger partial charge in [-0.05, 0) is 132 Å². The molecule has 0 N–H and O–H groups in total. The molecule has 0 amide bonds. The average Bonchev–Trinajstić information content (AvgIpc) is 3.20. The molecule has 0 bridgehead atoms. The van der Waals surface area contributed by atoms with Crippen molar-refractivity contribution in [3.05, 3.63) is 206 Å². The van der Waals surface area contributed by atoms with Crippen molar-refractivity contribution < 1.29 is 0 Å². The van der Waals surface area contributed by atoms with Crippen molar-refractivity contribution >= 4 is 66.0 Å². The fourth-order valence-corrected chi connectivity index (χ4v) is 7.10. The van der Waals surface area contributed by atoms with Crippen LogP contribution in [0, 0.1) is 0 Å². The maximum absolute atomic E-state index is 3.77. The second kappa shape index (κ2) is 15.8. The van der Waals surface area contributed by atoms with Gasteiger partial charge in [-0.3, -0.25) is 0 Å². The van der Waals surface area contributed by atoms with Crippen LogP contribution in [-0.4, -0.2) is 0 Å². The van der Waals surface area contributed by atoms with Crippen LogP contribution in [0.25, 0.3) is 88.3 Å². The number of allylic oxidation sites excluding steroid dienone is 2. The van der Waals surface area contributed by atoms with Gasteiger partial charge in [-0.2, -0.15) is 0 Å². The summed E-state index contributed by atoms with van der Waals surface area (Å²) in [6.07, 6.45) is 5.80. The number of hydrogen-bond donors (Lipinski definition) is 0. The Morgan fingerprint density at radius 2 is 0.736 bits per heavy atom. The topological polar surface area (TPSA) is 0 Å². The minimum Gasteiger partial charge on any atom is -0.103 e. The van der Waals surface area contributed by atoms with E-state index >= 15 is 0 Å². The molecule has 0 aromatic heterocycles. The fraction of sp³-hybridized carbons (Fsp3) is 0.0566. The first kappa shape index (κ1) is 34.9. The molecule has 0 unspecified atom stereocenters. The van der Waals surface area contributed by atoms with Crippen molar-refractivity contribution in [2.75, 3.05) is 0 Å². The molecule has 9 rings (SSSR count). The van der Waals surface area contributed by atoms with E-state index in [2.05, 4.69) is 191 Å². The molecule has 0 saturated heterocycles. The predicted octanol–water partition coefficient (Wildman–Crippen LogP) is 15.7. The lowest BCUT2D eigenvalue weighted by molar-refractivity contribution is 1.42. The van der Waals surface area contributed by atoms with E-state index in [-0.39, 0.29) is 0 Å². The number of benzene rings is 9. The van der Waals surface area contributed by atoms with E-state index in [0.717, 1.165) is 0 Å². The highest BCUT2D eigenvalue weighted by molar-refractivity contribution is 6.18. The Morgan fingerprint density at radius 1 is 0.377 bits per heavy atom. The second-order valence-corrected chi connectivity index (χ2v) is 13.7. The molecule has 53 heavy (non-hydrogen) atoms. The van der Waals surface area contributed by atoms with Crippen LogP contribution in [0.5, 0.6) is 0 Å². The molecule has 0 heterocycles. The van der Waals surface area contributed by atoms with E-state index in [1.165, 1.54) is 92.8 Å². The molecule has 0 spiro atoms. The Morgan fingerprint density at radius 3 is 1.17 bits per heavy atom. The molecule has 0 aliphatic rings. The van der Waals surface area contributed by atoms with Crippen LogP contribution in [-0.2, 0) is 0 Å². The first-order chi connectivity index (χ1) is 25.9. The normalized spacial score (nSPS) is 10.7. The summed E-state index contributed by atoms with van der Waals surface area (Å²) in [6, 6.07) is 61.7. The fourth-order valence-electron chi connectivity index (χ4n) is 7.10. The molecular formula is C53H44. The number of hydrogen-bond acceptors (Lipinski definition) is 0. The third-order valence-corrected chi connectivity index (χ3v) is 9.66. The van der Waals surface area contributed by atoms with E-state index in [9.17, 15) is 0 Å². The highest BCUT2D eigenvalue weighted by Crippen LogP contribution is 2.36. The lowest BCUT2D eigenvalue weighted by atomic mass is 9.92. The molecule has 0 aliphatic carbocycles. The Labute approximate surface area is 313 Å². The van der Waals surface area contributed by atoms with Crippen LogP contribution in [0.4, 0.5) is 0 Å². The van der Waals surface area contributed by atoms with Crippen molar-refractivity contribution in [2.45, 2.75) is 20.8 Å². The quantitative estimate of drug-likeness (QED) is 0.128. The lowest BCUT2D eigenvalue weighted by Crippen LogP contribution is -1.85. The standard InChI is InChI=1S/C38H24.C12H14.C3H6/c1-3-7-29-21-31(13-9-25(29)5-1)33-15-11-27-17-20-36-35(37(27)23-33)19-18-28-12-16-34(24-38(28)36)32-14-10-26-6-2-4-8-30(26)22-32;1-4-11-7-5-6-8-12(11)9-10(2)3;1-3-2/h1-24H;4-9H,1H2,2-3H3;3H,1H2,2H3. The summed E-state index contributed by atoms with van der Waals surface area (Å²) in [7, 11) is 0. The van der Waals surface area contributed by atoms with E-state index < -0.39 is 0 Å². The summed E-state index contributed by atoms with van der Waals surface area (Å²) in [5.41, 5.74) is 8.75. The van der Waals surface area contributed by atoms with Gasteiger partial charge >= 0.3 is 0 Å². The summed E-state index contributed by atoms with van der Waals surface area (Å²) in [5, 5.41) is 12.8. The van der Waals surface area contributed by atoms with E-state index in [4.69, 9.17) is 0 Å². The maximum atomic E-state index is 3.77. The minimum absolute atomic E-state index is 1.19. The van der Waals surface area contributed by atoms with Crippen LogP contribution in [0.15, 0.2) is 195 Å². The average molecular weight is 681 g/mol. The van der Waals surface area contributed by atoms with Crippen LogP contribution in [0.1, 0.15) is 31.9 Å². The van der Waals surface area contributed by atoms with Gasteiger partial charge in [0.05, 0.1) is 0 Å². The molecule has 9 aromatic carbocycles. The van der Waals surface area contributed by atoms with Gasteiger partial charge < -0.3 is 0 Å². The van der Waals surface area contributed by atoms with Gasteiger partial charge in [-0.15, -0.1) is 6.58 Å². The van der Waals surface area contributed by atoms with Crippen molar-refractivity contribution in [1.29, 1.82) is 0 Å². The SMILES string of the molecule is C=CC.C=Cc1ccccc1C=C(C)C.c1ccc2cc(-c3ccc4ccc5c6cc(-c7ccc8ccccc8c7)ccc6ccc5c4c3)ccc2c1. The zero-order valence-corrected chi connectivity index (χ0v) is 30.8. The number of rotatable bonds is 4. The second-order valence-electron chi connectivity index (χ2n) is 13.7. The first-order valence-electron chi connectivity index (χ1n) is 18.3. The molecule has 0 aliphatic heterocycles.